The van der Waals surface area contributed by atoms with Gasteiger partial charge in [-0.2, -0.15) is 0 Å². The summed E-state index contributed by atoms with van der Waals surface area (Å²) in [6, 6.07) is 23.6. The molecule has 0 radical (unpaired) electrons. The average Bonchev–Trinajstić information content (AvgIpc) is 3.16. The fraction of sp³-hybridized carbons (Fsp3) is 0.0909. The minimum Gasteiger partial charge on any atom is -0.465 e. The maximum absolute atomic E-state index is 11.5. The van der Waals surface area contributed by atoms with Crippen LogP contribution in [0.25, 0.3) is 16.7 Å². The van der Waals surface area contributed by atoms with Gasteiger partial charge in [0.05, 0.1) is 29.4 Å². The Hall–Kier alpha value is -3.60. The number of hydrogen-bond acceptors (Lipinski definition) is 4. The van der Waals surface area contributed by atoms with E-state index in [2.05, 4.69) is 33.1 Å². The van der Waals surface area contributed by atoms with E-state index in [0.717, 1.165) is 28.0 Å². The molecule has 27 heavy (non-hydrogen) atoms. The molecule has 0 spiro atoms. The first-order valence-electron chi connectivity index (χ1n) is 8.69. The van der Waals surface area contributed by atoms with Crippen molar-refractivity contribution < 1.29 is 9.53 Å². The molecule has 0 unspecified atom stereocenters. The van der Waals surface area contributed by atoms with Crippen LogP contribution in [0.1, 0.15) is 15.9 Å². The third-order valence-electron chi connectivity index (χ3n) is 4.49. The van der Waals surface area contributed by atoms with Gasteiger partial charge in [0, 0.05) is 12.2 Å². The van der Waals surface area contributed by atoms with Crippen molar-refractivity contribution in [2.75, 3.05) is 12.4 Å². The van der Waals surface area contributed by atoms with Crippen molar-refractivity contribution in [2.45, 2.75) is 6.54 Å². The molecule has 1 heterocycles. The molecular weight excluding hydrogens is 338 g/mol. The predicted octanol–water partition coefficient (Wildman–Crippen LogP) is 4.42. The van der Waals surface area contributed by atoms with Crippen LogP contribution in [0.5, 0.6) is 0 Å². The van der Waals surface area contributed by atoms with Crippen LogP contribution >= 0.6 is 0 Å². The van der Waals surface area contributed by atoms with E-state index < -0.39 is 0 Å². The summed E-state index contributed by atoms with van der Waals surface area (Å²) in [4.78, 5) is 16.0. The van der Waals surface area contributed by atoms with E-state index in [4.69, 9.17) is 4.74 Å². The highest BCUT2D eigenvalue weighted by atomic mass is 16.5. The summed E-state index contributed by atoms with van der Waals surface area (Å²) < 4.78 is 6.83. The molecule has 0 amide bonds. The van der Waals surface area contributed by atoms with Gasteiger partial charge in [-0.25, -0.2) is 9.78 Å². The molecule has 4 rings (SSSR count). The number of aromatic nitrogens is 2. The summed E-state index contributed by atoms with van der Waals surface area (Å²) in [6.07, 6.45) is 1.86. The minimum absolute atomic E-state index is 0.334. The Bertz CT molecular complexity index is 1080. The van der Waals surface area contributed by atoms with Crippen molar-refractivity contribution in [1.29, 1.82) is 0 Å². The summed E-state index contributed by atoms with van der Waals surface area (Å²) in [5.74, 6) is -0.334. The normalized spacial score (nSPS) is 10.7. The Morgan fingerprint density at radius 2 is 1.74 bits per heavy atom. The summed E-state index contributed by atoms with van der Waals surface area (Å²) in [6.45, 7) is 0.653. The van der Waals surface area contributed by atoms with E-state index in [-0.39, 0.29) is 5.97 Å². The van der Waals surface area contributed by atoms with Gasteiger partial charge >= 0.3 is 5.97 Å². The predicted molar refractivity (Wildman–Crippen MR) is 106 cm³/mol. The summed E-state index contributed by atoms with van der Waals surface area (Å²) >= 11 is 0. The lowest BCUT2D eigenvalue weighted by molar-refractivity contribution is 0.0601. The maximum atomic E-state index is 11.5. The van der Waals surface area contributed by atoms with Crippen LogP contribution < -0.4 is 5.32 Å². The van der Waals surface area contributed by atoms with Crippen LogP contribution in [0.4, 0.5) is 5.69 Å². The van der Waals surface area contributed by atoms with E-state index in [1.54, 1.807) is 12.1 Å². The number of nitrogens with one attached hydrogen (secondary N) is 1. The summed E-state index contributed by atoms with van der Waals surface area (Å²) in [5, 5.41) is 3.41. The lowest BCUT2D eigenvalue weighted by atomic mass is 10.1. The van der Waals surface area contributed by atoms with Crippen molar-refractivity contribution in [3.8, 4) is 5.69 Å². The first-order valence-corrected chi connectivity index (χ1v) is 8.69. The number of ether oxygens (including phenoxy) is 1. The fourth-order valence-electron chi connectivity index (χ4n) is 3.09. The van der Waals surface area contributed by atoms with Crippen LogP contribution in [0, 0.1) is 0 Å². The zero-order valence-electron chi connectivity index (χ0n) is 14.9. The number of anilines is 1. The van der Waals surface area contributed by atoms with Crippen LogP contribution in [0.3, 0.4) is 0 Å². The molecule has 0 bridgehead atoms. The van der Waals surface area contributed by atoms with E-state index in [1.165, 1.54) is 7.11 Å². The lowest BCUT2D eigenvalue weighted by Gasteiger charge is -2.13. The number of methoxy groups -OCH3 is 1. The zero-order valence-corrected chi connectivity index (χ0v) is 14.9. The highest BCUT2D eigenvalue weighted by molar-refractivity contribution is 5.89. The quantitative estimate of drug-likeness (QED) is 0.537. The van der Waals surface area contributed by atoms with E-state index >= 15 is 0 Å². The van der Waals surface area contributed by atoms with Crippen molar-refractivity contribution in [3.63, 3.8) is 0 Å². The molecule has 134 valence electrons. The highest BCUT2D eigenvalue weighted by Crippen LogP contribution is 2.22. The number of fused-ring (bicyclic) bond motifs is 1. The van der Waals surface area contributed by atoms with E-state index in [9.17, 15) is 4.79 Å². The number of benzene rings is 3. The molecule has 0 saturated heterocycles. The van der Waals surface area contributed by atoms with Crippen LogP contribution in [0.15, 0.2) is 79.1 Å². The van der Waals surface area contributed by atoms with E-state index in [1.807, 2.05) is 48.8 Å². The van der Waals surface area contributed by atoms with Crippen molar-refractivity contribution in [1.82, 2.24) is 9.55 Å². The number of rotatable bonds is 5. The maximum Gasteiger partial charge on any atom is 0.337 e. The number of para-hydroxylation sites is 3. The lowest BCUT2D eigenvalue weighted by Crippen LogP contribution is -2.05. The molecule has 1 N–H and O–H groups in total. The fourth-order valence-corrected chi connectivity index (χ4v) is 3.09. The van der Waals surface area contributed by atoms with Crippen molar-refractivity contribution in [3.05, 3.63) is 90.3 Å². The second-order valence-electron chi connectivity index (χ2n) is 6.15. The van der Waals surface area contributed by atoms with Gasteiger partial charge in [-0.05, 0) is 48.0 Å². The smallest absolute Gasteiger partial charge is 0.337 e. The number of imidazole rings is 1. The highest BCUT2D eigenvalue weighted by Gasteiger charge is 2.09. The molecule has 5 nitrogen and oxygen atoms in total. The Kier molecular flexibility index (Phi) is 4.58. The Balaban J connectivity index is 1.58. The Labute approximate surface area is 157 Å². The van der Waals surface area contributed by atoms with E-state index in [0.29, 0.717) is 12.1 Å². The number of nitrogens with zero attached hydrogens (tertiary/aromatic N) is 2. The molecule has 0 aliphatic carbocycles. The summed E-state index contributed by atoms with van der Waals surface area (Å²) in [5.41, 5.74) is 5.76. The number of carbonyl (C=O) groups excluding carboxylic acids is 1. The summed E-state index contributed by atoms with van der Waals surface area (Å²) in [7, 11) is 1.38. The largest absolute Gasteiger partial charge is 0.465 e. The van der Waals surface area contributed by atoms with Gasteiger partial charge in [-0.3, -0.25) is 4.57 Å². The zero-order chi connectivity index (χ0) is 18.6. The van der Waals surface area contributed by atoms with Crippen molar-refractivity contribution in [2.24, 2.45) is 0 Å². The van der Waals surface area contributed by atoms with Gasteiger partial charge in [-0.1, -0.05) is 30.3 Å². The standard InChI is InChI=1S/C22H19N3O2/c1-27-22(26)16-10-12-18(13-11-16)23-14-17-6-2-4-8-20(17)25-15-24-19-7-3-5-9-21(19)25/h2-13,15,23H,14H2,1H3. The van der Waals surface area contributed by atoms with Gasteiger partial charge in [0.25, 0.3) is 0 Å². The number of carbonyl (C=O) groups is 1. The topological polar surface area (TPSA) is 56.1 Å². The first-order chi connectivity index (χ1) is 13.3. The van der Waals surface area contributed by atoms with Gasteiger partial charge in [-0.15, -0.1) is 0 Å². The monoisotopic (exact) mass is 357 g/mol. The minimum atomic E-state index is -0.334. The van der Waals surface area contributed by atoms with Crippen LogP contribution in [-0.2, 0) is 11.3 Å². The molecule has 0 fully saturated rings. The Morgan fingerprint density at radius 1 is 1.00 bits per heavy atom. The van der Waals surface area contributed by atoms with Crippen molar-refractivity contribution >= 4 is 22.7 Å². The number of hydrogen-bond donors (Lipinski definition) is 1. The van der Waals surface area contributed by atoms with Gasteiger partial charge in [0.15, 0.2) is 0 Å². The van der Waals surface area contributed by atoms with Crippen LogP contribution in [0.2, 0.25) is 0 Å². The molecule has 5 heteroatoms. The average molecular weight is 357 g/mol. The number of esters is 1. The second kappa shape index (κ2) is 7.33. The SMILES string of the molecule is COC(=O)c1ccc(NCc2ccccc2-n2cnc3ccccc32)cc1. The van der Waals surface area contributed by atoms with Gasteiger partial charge in [0.1, 0.15) is 6.33 Å². The first kappa shape index (κ1) is 16.8. The second-order valence-corrected chi connectivity index (χ2v) is 6.15. The molecule has 0 aliphatic heterocycles. The van der Waals surface area contributed by atoms with Crippen LogP contribution in [-0.4, -0.2) is 22.6 Å². The molecule has 0 atom stereocenters. The Morgan fingerprint density at radius 3 is 2.56 bits per heavy atom. The molecule has 3 aromatic carbocycles. The molecule has 0 saturated carbocycles. The molecule has 4 aromatic rings. The third kappa shape index (κ3) is 3.40. The van der Waals surface area contributed by atoms with Gasteiger partial charge < -0.3 is 10.1 Å². The molecular formula is C22H19N3O2. The molecule has 0 aliphatic rings. The molecule has 1 aromatic heterocycles. The third-order valence-corrected chi connectivity index (χ3v) is 4.49. The van der Waals surface area contributed by atoms with Gasteiger partial charge in [0.2, 0.25) is 0 Å².